The molecule has 2 aromatic heterocycles. The number of anilines is 1. The second-order valence-electron chi connectivity index (χ2n) is 10.3. The van der Waals surface area contributed by atoms with Gasteiger partial charge in [-0.1, -0.05) is 18.2 Å². The number of nitrogens with one attached hydrogen (secondary N) is 1. The Kier molecular flexibility index (Phi) is 13.0. The smallest absolute Gasteiger partial charge is 0.259 e. The van der Waals surface area contributed by atoms with Crippen LogP contribution in [0.25, 0.3) is 16.0 Å². The average molecular weight is 643 g/mol. The van der Waals surface area contributed by atoms with E-state index in [-0.39, 0.29) is 50.5 Å². The molecule has 1 aromatic carbocycles. The molecule has 4 rings (SSSR count). The van der Waals surface area contributed by atoms with E-state index < -0.39 is 33.1 Å². The molecule has 0 saturated carbocycles. The third-order valence-corrected chi connectivity index (χ3v) is 8.73. The van der Waals surface area contributed by atoms with Crippen LogP contribution in [0, 0.1) is 18.9 Å². The largest absolute Gasteiger partial charge is 0.400 e. The predicted octanol–water partition coefficient (Wildman–Crippen LogP) is 4.68. The number of aliphatic hydroxyl groups excluding tert-OH is 1. The summed E-state index contributed by atoms with van der Waals surface area (Å²) in [5.74, 6) is 2.51. The zero-order valence-corrected chi connectivity index (χ0v) is 27.1. The first-order valence-corrected chi connectivity index (χ1v) is 15.6. The van der Waals surface area contributed by atoms with Gasteiger partial charge < -0.3 is 33.8 Å². The maximum atomic E-state index is 12.9. The van der Waals surface area contributed by atoms with Crippen LogP contribution < -0.4 is 5.32 Å². The summed E-state index contributed by atoms with van der Waals surface area (Å²) in [7, 11) is -0.352. The highest BCUT2D eigenvalue weighted by molar-refractivity contribution is 7.44. The zero-order valence-electron chi connectivity index (χ0n) is 28.2. The first kappa shape index (κ1) is 32.9. The number of carbonyl (C=O) groups excluding carboxylic acids is 1. The lowest BCUT2D eigenvalue weighted by Gasteiger charge is -2.37. The van der Waals surface area contributed by atoms with E-state index in [4.69, 9.17) is 34.3 Å². The van der Waals surface area contributed by atoms with Crippen molar-refractivity contribution in [1.82, 2.24) is 24.2 Å². The van der Waals surface area contributed by atoms with Crippen molar-refractivity contribution in [3.8, 4) is 12.3 Å². The van der Waals surface area contributed by atoms with E-state index in [1.54, 1.807) is 35.2 Å². The van der Waals surface area contributed by atoms with Gasteiger partial charge in [0.1, 0.15) is 25.1 Å². The summed E-state index contributed by atoms with van der Waals surface area (Å²) >= 11 is 0. The van der Waals surface area contributed by atoms with Crippen molar-refractivity contribution in [3.63, 3.8) is 0 Å². The normalized spacial score (nSPS) is 20.7. The van der Waals surface area contributed by atoms with Gasteiger partial charge in [-0.3, -0.25) is 9.36 Å². The summed E-state index contributed by atoms with van der Waals surface area (Å²) in [6, 6.07) is 8.97. The molecule has 0 radical (unpaired) electrons. The number of rotatable bonds is 14. The lowest BCUT2D eigenvalue weighted by molar-refractivity contribution is -0.0631. The van der Waals surface area contributed by atoms with Gasteiger partial charge in [0.25, 0.3) is 14.4 Å². The Morgan fingerprint density at radius 2 is 2.02 bits per heavy atom. The minimum Gasteiger partial charge on any atom is -0.400 e. The predicted molar refractivity (Wildman–Crippen MR) is 172 cm³/mol. The number of hydrogen-bond acceptors (Lipinski definition) is 10. The molecule has 5 atom stereocenters. The van der Waals surface area contributed by atoms with Crippen LogP contribution in [0.1, 0.15) is 59.0 Å². The summed E-state index contributed by atoms with van der Waals surface area (Å²) in [5.41, 5.74) is 1.25. The monoisotopic (exact) mass is 642 g/mol. The quantitative estimate of drug-likeness (QED) is 0.110. The number of aromatic nitrogens is 4. The molecular weight excluding hydrogens is 597 g/mol. The Morgan fingerprint density at radius 3 is 2.67 bits per heavy atom. The fourth-order valence-corrected chi connectivity index (χ4v) is 6.54. The minimum absolute atomic E-state index is 0.0845. The molecule has 2 N–H and O–H groups in total. The van der Waals surface area contributed by atoms with Gasteiger partial charge in [0.05, 0.1) is 19.0 Å². The van der Waals surface area contributed by atoms with Gasteiger partial charge >= 0.3 is 0 Å². The number of benzene rings is 1. The van der Waals surface area contributed by atoms with Gasteiger partial charge in [0, 0.05) is 32.5 Å². The topological polar surface area (TPSA) is 137 Å². The highest BCUT2D eigenvalue weighted by Gasteiger charge is 2.48. The van der Waals surface area contributed by atoms with Crippen molar-refractivity contribution in [2.45, 2.75) is 77.6 Å². The summed E-state index contributed by atoms with van der Waals surface area (Å²) in [6.07, 6.45) is 5.91. The van der Waals surface area contributed by atoms with Crippen molar-refractivity contribution in [3.05, 3.63) is 60.0 Å². The second kappa shape index (κ2) is 17.8. The van der Waals surface area contributed by atoms with Crippen LogP contribution in [0.5, 0.6) is 0 Å². The molecule has 45 heavy (non-hydrogen) atoms. The summed E-state index contributed by atoms with van der Waals surface area (Å²) in [6.45, 7) is 15.9. The van der Waals surface area contributed by atoms with Crippen molar-refractivity contribution >= 4 is 31.4 Å². The van der Waals surface area contributed by atoms with Crippen LogP contribution in [0.15, 0.2) is 43.0 Å². The van der Waals surface area contributed by atoms with E-state index in [0.717, 1.165) is 0 Å². The molecule has 1 amide bonds. The summed E-state index contributed by atoms with van der Waals surface area (Å²) < 4.78 is 43.4. The molecule has 3 aromatic rings. The highest BCUT2D eigenvalue weighted by Crippen LogP contribution is 2.50. The Morgan fingerprint density at radius 1 is 1.29 bits per heavy atom. The number of hydrogen-bond donors (Lipinski definition) is 2. The zero-order chi connectivity index (χ0) is 34.3. The summed E-state index contributed by atoms with van der Waals surface area (Å²) in [5, 5.41) is 6.32. The Hall–Kier alpha value is -3.52. The van der Waals surface area contributed by atoms with Crippen molar-refractivity contribution in [1.29, 1.82) is 1.43 Å². The maximum Gasteiger partial charge on any atom is 0.259 e. The van der Waals surface area contributed by atoms with E-state index in [9.17, 15) is 4.79 Å². The molecule has 1 aliphatic rings. The minimum atomic E-state index is -1.64. The number of ether oxygens (including phenoxy) is 2. The molecule has 0 bridgehead atoms. The molecule has 1 saturated heterocycles. The molecule has 13 nitrogen and oxygen atoms in total. The fourth-order valence-electron chi connectivity index (χ4n) is 4.78. The maximum absolute atomic E-state index is 12.9. The van der Waals surface area contributed by atoms with E-state index in [1.807, 2.05) is 6.07 Å². The van der Waals surface area contributed by atoms with Gasteiger partial charge in [-0.15, -0.1) is 12.3 Å². The number of aliphatic hydroxyl groups is 1. The van der Waals surface area contributed by atoms with E-state index in [1.165, 1.54) is 13.4 Å². The number of carbonyl (C=O) groups is 1. The van der Waals surface area contributed by atoms with Gasteiger partial charge in [-0.05, 0) is 46.7 Å². The molecule has 1 fully saturated rings. The Bertz CT molecular complexity index is 1480. The van der Waals surface area contributed by atoms with Crippen LogP contribution in [0.2, 0.25) is 0 Å². The molecular formula is C31H42N7O6P. The fraction of sp³-hybridized carbons (Fsp3) is 0.516. The Balaban J connectivity index is 0.00000192. The lowest BCUT2D eigenvalue weighted by Crippen LogP contribution is -2.39. The SMILES string of the molecule is [2H]C[C@H]1O[C@@H](n2cnc3c(NC(=O)c4ccccc4)ncnc32)C(OCCC#C)C1OP(OCC[N+]#[C-])N(C(C)C)C(C)C.[3H]OC. The first-order valence-electron chi connectivity index (χ1n) is 15.6. The lowest BCUT2D eigenvalue weighted by atomic mass is 10.1. The number of terminal acetylenes is 1. The number of amides is 1. The molecule has 3 heterocycles. The Labute approximate surface area is 268 Å². The van der Waals surface area contributed by atoms with Gasteiger partial charge in [-0.2, -0.15) is 0 Å². The van der Waals surface area contributed by atoms with Crippen LogP contribution in [-0.4, -0.2) is 93.9 Å². The van der Waals surface area contributed by atoms with Crippen molar-refractivity contribution < 1.29 is 29.8 Å². The number of fused-ring (bicyclic) bond motifs is 1. The van der Waals surface area contributed by atoms with Crippen LogP contribution in [-0.2, 0) is 18.5 Å². The summed E-state index contributed by atoms with van der Waals surface area (Å²) in [4.78, 5) is 29.5. The van der Waals surface area contributed by atoms with E-state index in [2.05, 4.69) is 68.5 Å². The van der Waals surface area contributed by atoms with Crippen LogP contribution >= 0.6 is 8.53 Å². The van der Waals surface area contributed by atoms with Crippen molar-refractivity contribution in [2.75, 3.05) is 32.2 Å². The molecule has 3 unspecified atom stereocenters. The van der Waals surface area contributed by atoms with Gasteiger partial charge in [0.15, 0.2) is 23.2 Å². The first-order chi connectivity index (χ1) is 22.7. The third-order valence-electron chi connectivity index (χ3n) is 6.61. The molecule has 14 heteroatoms. The molecule has 242 valence electrons. The van der Waals surface area contributed by atoms with Crippen molar-refractivity contribution in [2.24, 2.45) is 0 Å². The standard InChI is InChI=1S/C30H38N7O5P.CH4O/c1-8-9-16-39-26-25(42-43(40-17-15-31-7)37(20(2)3)21(4)5)22(6)41-30(26)36-19-34-24-27(32-18-33-28(24)36)35-29(38)23-13-11-10-12-14-23;1-2/h1,10-14,18-22,25-26,30H,9,15-17H2,2-6H3,(H,32,33,35,38);2H,1H3/t22-,25?,26?,30-,43?;/m1./s1/i6D;2T. The van der Waals surface area contributed by atoms with Gasteiger partial charge in [0.2, 0.25) is 7.98 Å². The van der Waals surface area contributed by atoms with Gasteiger partial charge in [-0.25, -0.2) is 26.2 Å². The second-order valence-corrected chi connectivity index (χ2v) is 11.7. The molecule has 1 aliphatic heterocycles. The third kappa shape index (κ3) is 9.03. The molecule has 0 spiro atoms. The highest BCUT2D eigenvalue weighted by atomic mass is 31.2. The number of nitrogens with zero attached hydrogens (tertiary/aromatic N) is 6. The average Bonchev–Trinajstić information content (AvgIpc) is 3.63. The van der Waals surface area contributed by atoms with E-state index >= 15 is 0 Å². The molecule has 0 aliphatic carbocycles. The number of imidazole rings is 1. The van der Waals surface area contributed by atoms with Crippen LogP contribution in [0.4, 0.5) is 5.82 Å². The van der Waals surface area contributed by atoms with E-state index in [0.29, 0.717) is 23.1 Å². The van der Waals surface area contributed by atoms with Crippen LogP contribution in [0.3, 0.4) is 0 Å².